The van der Waals surface area contributed by atoms with Crippen LogP contribution in [0.3, 0.4) is 0 Å². The second kappa shape index (κ2) is 7.06. The van der Waals surface area contributed by atoms with Gasteiger partial charge in [-0.1, -0.05) is 30.8 Å². The molecule has 138 valence electrons. The summed E-state index contributed by atoms with van der Waals surface area (Å²) in [5.41, 5.74) is 6.05. The summed E-state index contributed by atoms with van der Waals surface area (Å²) in [5, 5.41) is 7.45. The van der Waals surface area contributed by atoms with Crippen molar-refractivity contribution < 1.29 is 9.32 Å². The molecule has 4 rings (SSSR count). The van der Waals surface area contributed by atoms with Crippen LogP contribution >= 0.6 is 0 Å². The topological polar surface area (TPSA) is 94.0 Å². The Morgan fingerprint density at radius 1 is 1.04 bits per heavy atom. The van der Waals surface area contributed by atoms with Gasteiger partial charge in [0.1, 0.15) is 0 Å². The van der Waals surface area contributed by atoms with Crippen molar-refractivity contribution in [3.05, 3.63) is 11.7 Å². The van der Waals surface area contributed by atoms with Gasteiger partial charge in [-0.05, 0) is 51.4 Å². The van der Waals surface area contributed by atoms with Crippen molar-refractivity contribution in [2.75, 3.05) is 0 Å². The molecule has 3 N–H and O–H groups in total. The van der Waals surface area contributed by atoms with E-state index < -0.39 is 0 Å². The van der Waals surface area contributed by atoms with E-state index in [1.807, 2.05) is 0 Å². The Bertz CT molecular complexity index is 594. The highest BCUT2D eigenvalue weighted by Crippen LogP contribution is 2.37. The van der Waals surface area contributed by atoms with Crippen LogP contribution in [-0.2, 0) is 10.3 Å². The van der Waals surface area contributed by atoms with E-state index in [2.05, 4.69) is 15.5 Å². The van der Waals surface area contributed by atoms with Crippen LogP contribution < -0.4 is 11.1 Å². The van der Waals surface area contributed by atoms with Gasteiger partial charge in [0, 0.05) is 17.9 Å². The number of hydrogen-bond acceptors (Lipinski definition) is 5. The monoisotopic (exact) mass is 346 g/mol. The SMILES string of the molecule is NC1(c2noc(C3CCC(NC(=O)C4CCCC4)CC3)n2)CCCC1. The van der Waals surface area contributed by atoms with Gasteiger partial charge in [-0.3, -0.25) is 4.79 Å². The minimum Gasteiger partial charge on any atom is -0.353 e. The second-order valence-electron chi connectivity index (χ2n) is 8.36. The number of carbonyl (C=O) groups excluding carboxylic acids is 1. The van der Waals surface area contributed by atoms with Crippen LogP contribution in [0.5, 0.6) is 0 Å². The van der Waals surface area contributed by atoms with Gasteiger partial charge < -0.3 is 15.6 Å². The van der Waals surface area contributed by atoms with Crippen LogP contribution in [0.1, 0.15) is 94.7 Å². The zero-order chi connectivity index (χ0) is 17.3. The van der Waals surface area contributed by atoms with Crippen LogP contribution in [0.25, 0.3) is 0 Å². The third-order valence-corrected chi connectivity index (χ3v) is 6.53. The van der Waals surface area contributed by atoms with E-state index >= 15 is 0 Å². The lowest BCUT2D eigenvalue weighted by molar-refractivity contribution is -0.125. The lowest BCUT2D eigenvalue weighted by Gasteiger charge is -2.28. The smallest absolute Gasteiger partial charge is 0.229 e. The molecule has 0 saturated heterocycles. The molecule has 3 saturated carbocycles. The predicted octanol–water partition coefficient (Wildman–Crippen LogP) is 3.13. The van der Waals surface area contributed by atoms with Crippen molar-refractivity contribution in [3.8, 4) is 0 Å². The number of rotatable bonds is 4. The first-order chi connectivity index (χ1) is 12.1. The highest BCUT2D eigenvalue weighted by molar-refractivity contribution is 5.79. The molecule has 1 heterocycles. The van der Waals surface area contributed by atoms with Crippen LogP contribution in [0.15, 0.2) is 4.52 Å². The molecular weight excluding hydrogens is 316 g/mol. The van der Waals surface area contributed by atoms with Crippen molar-refractivity contribution >= 4 is 5.91 Å². The van der Waals surface area contributed by atoms with Crippen LogP contribution in [0, 0.1) is 5.92 Å². The number of nitrogens with zero attached hydrogens (tertiary/aromatic N) is 2. The highest BCUT2D eigenvalue weighted by Gasteiger charge is 2.37. The summed E-state index contributed by atoms with van der Waals surface area (Å²) in [5.74, 6) is 2.27. The number of hydrogen-bond donors (Lipinski definition) is 2. The molecule has 3 aliphatic carbocycles. The fraction of sp³-hybridized carbons (Fsp3) is 0.842. The minimum absolute atomic E-state index is 0.253. The van der Waals surface area contributed by atoms with Gasteiger partial charge in [-0.25, -0.2) is 0 Å². The first-order valence-electron chi connectivity index (χ1n) is 10.1. The molecule has 3 fully saturated rings. The van der Waals surface area contributed by atoms with Crippen LogP contribution in [-0.4, -0.2) is 22.1 Å². The average molecular weight is 346 g/mol. The quantitative estimate of drug-likeness (QED) is 0.873. The van der Waals surface area contributed by atoms with Gasteiger partial charge in [0.25, 0.3) is 0 Å². The minimum atomic E-state index is -0.381. The number of nitrogens with one attached hydrogen (secondary N) is 1. The molecule has 3 aliphatic rings. The van der Waals surface area contributed by atoms with E-state index in [0.29, 0.717) is 17.8 Å². The summed E-state index contributed by atoms with van der Waals surface area (Å²) in [6.07, 6.45) is 12.7. The molecule has 25 heavy (non-hydrogen) atoms. The maximum Gasteiger partial charge on any atom is 0.229 e. The van der Waals surface area contributed by atoms with E-state index in [4.69, 9.17) is 10.3 Å². The molecular formula is C19H30N4O2. The van der Waals surface area contributed by atoms with Crippen molar-refractivity contribution in [3.63, 3.8) is 0 Å². The summed E-state index contributed by atoms with van der Waals surface area (Å²) in [7, 11) is 0. The lowest BCUT2D eigenvalue weighted by Crippen LogP contribution is -2.40. The lowest BCUT2D eigenvalue weighted by atomic mass is 9.85. The Hall–Kier alpha value is -1.43. The zero-order valence-electron chi connectivity index (χ0n) is 15.0. The fourth-order valence-corrected chi connectivity index (χ4v) is 4.82. The third kappa shape index (κ3) is 3.59. The maximum absolute atomic E-state index is 12.3. The number of aromatic nitrogens is 2. The molecule has 0 bridgehead atoms. The van der Waals surface area contributed by atoms with Gasteiger partial charge in [-0.2, -0.15) is 4.98 Å². The highest BCUT2D eigenvalue weighted by atomic mass is 16.5. The molecule has 1 aromatic heterocycles. The van der Waals surface area contributed by atoms with E-state index in [1.54, 1.807) is 0 Å². The predicted molar refractivity (Wildman–Crippen MR) is 93.7 cm³/mol. The molecule has 0 atom stereocenters. The Labute approximate surface area is 149 Å². The number of amides is 1. The largest absolute Gasteiger partial charge is 0.353 e. The summed E-state index contributed by atoms with van der Waals surface area (Å²) in [6.45, 7) is 0. The van der Waals surface area contributed by atoms with Crippen LogP contribution in [0.2, 0.25) is 0 Å². The Morgan fingerprint density at radius 3 is 2.40 bits per heavy atom. The molecule has 1 aromatic rings. The molecule has 0 unspecified atom stereocenters. The van der Waals surface area contributed by atoms with Gasteiger partial charge >= 0.3 is 0 Å². The normalized spacial score (nSPS) is 29.8. The van der Waals surface area contributed by atoms with E-state index in [0.717, 1.165) is 70.1 Å². The fourth-order valence-electron chi connectivity index (χ4n) is 4.82. The van der Waals surface area contributed by atoms with E-state index in [1.165, 1.54) is 12.8 Å². The van der Waals surface area contributed by atoms with E-state index in [9.17, 15) is 4.79 Å². The second-order valence-corrected chi connectivity index (χ2v) is 8.36. The molecule has 0 spiro atoms. The maximum atomic E-state index is 12.3. The van der Waals surface area contributed by atoms with Gasteiger partial charge in [-0.15, -0.1) is 0 Å². The molecule has 0 aromatic carbocycles. The molecule has 6 nitrogen and oxygen atoms in total. The first kappa shape index (κ1) is 17.0. The van der Waals surface area contributed by atoms with Crippen molar-refractivity contribution in [1.82, 2.24) is 15.5 Å². The van der Waals surface area contributed by atoms with E-state index in [-0.39, 0.29) is 17.4 Å². The molecule has 0 radical (unpaired) electrons. The number of carbonyl (C=O) groups is 1. The Balaban J connectivity index is 1.30. The Kier molecular flexibility index (Phi) is 4.80. The standard InChI is InChI=1S/C19H30N4O2/c20-19(11-3-4-12-19)18-22-17(25-23-18)14-7-9-15(10-8-14)21-16(24)13-5-1-2-6-13/h13-15H,1-12,20H2,(H,21,24). The first-order valence-corrected chi connectivity index (χ1v) is 10.1. The molecule has 6 heteroatoms. The molecule has 1 amide bonds. The summed E-state index contributed by atoms with van der Waals surface area (Å²) >= 11 is 0. The molecule has 0 aliphatic heterocycles. The summed E-state index contributed by atoms with van der Waals surface area (Å²) in [6, 6.07) is 0.308. The van der Waals surface area contributed by atoms with Gasteiger partial charge in [0.05, 0.1) is 5.54 Å². The average Bonchev–Trinajstić information content (AvgIpc) is 3.37. The number of nitrogens with two attached hydrogens (primary N) is 1. The van der Waals surface area contributed by atoms with Gasteiger partial charge in [0.2, 0.25) is 11.8 Å². The zero-order valence-corrected chi connectivity index (χ0v) is 15.0. The van der Waals surface area contributed by atoms with Crippen molar-refractivity contribution in [2.45, 2.75) is 94.5 Å². The summed E-state index contributed by atoms with van der Waals surface area (Å²) < 4.78 is 5.55. The summed E-state index contributed by atoms with van der Waals surface area (Å²) in [4.78, 5) is 16.9. The van der Waals surface area contributed by atoms with Crippen molar-refractivity contribution in [2.24, 2.45) is 11.7 Å². The Morgan fingerprint density at radius 2 is 1.72 bits per heavy atom. The van der Waals surface area contributed by atoms with Crippen molar-refractivity contribution in [1.29, 1.82) is 0 Å². The van der Waals surface area contributed by atoms with Gasteiger partial charge in [0.15, 0.2) is 5.82 Å². The van der Waals surface area contributed by atoms with Crippen LogP contribution in [0.4, 0.5) is 0 Å². The third-order valence-electron chi connectivity index (χ3n) is 6.53.